The number of nitrogens with two attached hydrogens (primary N) is 1. The minimum atomic E-state index is -0.587. The van der Waals surface area contributed by atoms with Crippen molar-refractivity contribution >= 4 is 11.9 Å². The highest BCUT2D eigenvalue weighted by Crippen LogP contribution is 2.24. The van der Waals surface area contributed by atoms with E-state index in [1.165, 1.54) is 10.9 Å². The number of rotatable bonds is 6. The van der Waals surface area contributed by atoms with Gasteiger partial charge in [-0.25, -0.2) is 0 Å². The molecule has 2 atom stereocenters. The molecule has 3 heterocycles. The third kappa shape index (κ3) is 4.07. The third-order valence-corrected chi connectivity index (χ3v) is 5.09. The molecular formula is C20H24N6O3. The third-order valence-electron chi connectivity index (χ3n) is 5.09. The Morgan fingerprint density at radius 3 is 2.72 bits per heavy atom. The Bertz CT molecular complexity index is 994. The molecule has 0 amide bonds. The van der Waals surface area contributed by atoms with Crippen molar-refractivity contribution in [2.75, 3.05) is 11.9 Å². The van der Waals surface area contributed by atoms with E-state index in [0.29, 0.717) is 49.2 Å². The number of carbonyl (C=O) groups excluding carboxylic acids is 1. The van der Waals surface area contributed by atoms with Crippen LogP contribution in [0.25, 0.3) is 0 Å². The van der Waals surface area contributed by atoms with E-state index in [1.54, 1.807) is 13.0 Å². The molecule has 0 spiro atoms. The number of nitrogens with one attached hydrogen (secondary N) is 2. The highest BCUT2D eigenvalue weighted by Gasteiger charge is 2.29. The number of furan rings is 1. The Hall–Kier alpha value is -3.01. The van der Waals surface area contributed by atoms with Gasteiger partial charge in [-0.3, -0.25) is 10.1 Å². The molecule has 1 aliphatic rings. The molecule has 3 aromatic rings. The molecule has 9 nitrogen and oxygen atoms in total. The zero-order valence-electron chi connectivity index (χ0n) is 16.1. The van der Waals surface area contributed by atoms with Gasteiger partial charge in [0.25, 0.3) is 5.91 Å². The average molecular weight is 396 g/mol. The van der Waals surface area contributed by atoms with Crippen LogP contribution in [0.4, 0.5) is 5.95 Å². The lowest BCUT2D eigenvalue weighted by Gasteiger charge is -2.07. The fourth-order valence-electron chi connectivity index (χ4n) is 3.36. The monoisotopic (exact) mass is 396 g/mol. The van der Waals surface area contributed by atoms with Crippen LogP contribution in [0.1, 0.15) is 45.4 Å². The molecule has 4 rings (SSSR count). The molecule has 1 saturated heterocycles. The summed E-state index contributed by atoms with van der Waals surface area (Å²) >= 11 is 0. The van der Waals surface area contributed by atoms with E-state index in [-0.39, 0.29) is 11.8 Å². The van der Waals surface area contributed by atoms with Gasteiger partial charge < -0.3 is 20.6 Å². The van der Waals surface area contributed by atoms with Crippen molar-refractivity contribution in [1.29, 1.82) is 0 Å². The Morgan fingerprint density at radius 2 is 2.10 bits per heavy atom. The number of benzene rings is 1. The molecule has 0 radical (unpaired) electrons. The van der Waals surface area contributed by atoms with Gasteiger partial charge in [-0.15, -0.1) is 5.10 Å². The maximum Gasteiger partial charge on any atom is 0.284 e. The van der Waals surface area contributed by atoms with Gasteiger partial charge in [0, 0.05) is 25.6 Å². The summed E-state index contributed by atoms with van der Waals surface area (Å²) in [6.45, 7) is 3.26. The largest absolute Gasteiger partial charge is 0.469 e. The lowest BCUT2D eigenvalue weighted by molar-refractivity contribution is 0.0945. The van der Waals surface area contributed by atoms with E-state index in [1.807, 2.05) is 24.3 Å². The predicted octanol–water partition coefficient (Wildman–Crippen LogP) is 1.33. The number of aromatic nitrogens is 3. The highest BCUT2D eigenvalue weighted by molar-refractivity contribution is 5.97. The fraction of sp³-hybridized carbons (Fsp3) is 0.350. The lowest BCUT2D eigenvalue weighted by atomic mass is 10.1. The van der Waals surface area contributed by atoms with Gasteiger partial charge >= 0.3 is 0 Å². The van der Waals surface area contributed by atoms with Crippen LogP contribution in [0, 0.1) is 6.92 Å². The molecule has 29 heavy (non-hydrogen) atoms. The van der Waals surface area contributed by atoms with Gasteiger partial charge in [0.15, 0.2) is 5.82 Å². The van der Waals surface area contributed by atoms with Crippen LogP contribution in [0.2, 0.25) is 0 Å². The lowest BCUT2D eigenvalue weighted by Crippen LogP contribution is -2.19. The van der Waals surface area contributed by atoms with Crippen LogP contribution in [0.5, 0.6) is 0 Å². The normalized spacial score (nSPS) is 18.9. The molecule has 0 saturated carbocycles. The van der Waals surface area contributed by atoms with Gasteiger partial charge in [-0.05, 0) is 30.5 Å². The number of aliphatic hydroxyl groups is 1. The second kappa shape index (κ2) is 8.16. The minimum Gasteiger partial charge on any atom is -0.469 e. The average Bonchev–Trinajstić information content (AvgIpc) is 3.46. The molecule has 2 unspecified atom stereocenters. The smallest absolute Gasteiger partial charge is 0.284 e. The van der Waals surface area contributed by atoms with E-state index in [4.69, 9.17) is 10.2 Å². The van der Waals surface area contributed by atoms with E-state index in [2.05, 4.69) is 20.7 Å². The van der Waals surface area contributed by atoms with Crippen molar-refractivity contribution < 1.29 is 14.3 Å². The topological polar surface area (TPSA) is 131 Å². The number of hydrogen-bond donors (Lipinski definition) is 4. The van der Waals surface area contributed by atoms with Crippen LogP contribution >= 0.6 is 0 Å². The second-order valence-electron chi connectivity index (χ2n) is 7.13. The number of hydrogen-bond acceptors (Lipinski definition) is 8. The summed E-state index contributed by atoms with van der Waals surface area (Å²) in [6, 6.07) is 9.53. The van der Waals surface area contributed by atoms with Gasteiger partial charge in [0.05, 0.1) is 11.8 Å². The quantitative estimate of drug-likeness (QED) is 0.491. The SMILES string of the molecule is Cc1occc1C(=O)n1nc(C2CNC(O)C2)nc1NCc1ccc(CN)cc1. The van der Waals surface area contributed by atoms with Crippen molar-refractivity contribution in [2.24, 2.45) is 5.73 Å². The standard InChI is InChI=1S/C20H24N6O3/c1-12-16(6-7-29-12)19(28)26-20(23-10-14-4-2-13(9-21)3-5-14)24-18(25-26)15-8-17(27)22-11-15/h2-7,15,17,22,27H,8-11,21H2,1H3,(H,23,24,25). The summed E-state index contributed by atoms with van der Waals surface area (Å²) in [6.07, 6.45) is 1.39. The zero-order chi connectivity index (χ0) is 20.4. The van der Waals surface area contributed by atoms with E-state index < -0.39 is 6.23 Å². The maximum atomic E-state index is 13.0. The number of carbonyl (C=O) groups is 1. The van der Waals surface area contributed by atoms with Crippen molar-refractivity contribution in [3.05, 3.63) is 64.9 Å². The van der Waals surface area contributed by atoms with Gasteiger partial charge in [0.2, 0.25) is 5.95 Å². The van der Waals surface area contributed by atoms with E-state index in [9.17, 15) is 9.90 Å². The molecule has 9 heteroatoms. The van der Waals surface area contributed by atoms with Crippen LogP contribution < -0.4 is 16.4 Å². The minimum absolute atomic E-state index is 0.0612. The summed E-state index contributed by atoms with van der Waals surface area (Å²) in [5.41, 5.74) is 8.16. The Morgan fingerprint density at radius 1 is 1.34 bits per heavy atom. The first kappa shape index (κ1) is 19.3. The number of nitrogens with zero attached hydrogens (tertiary/aromatic N) is 3. The van der Waals surface area contributed by atoms with Crippen LogP contribution in [-0.2, 0) is 13.1 Å². The van der Waals surface area contributed by atoms with Crippen molar-refractivity contribution in [2.45, 2.75) is 38.6 Å². The van der Waals surface area contributed by atoms with Crippen molar-refractivity contribution in [3.63, 3.8) is 0 Å². The molecule has 152 valence electrons. The van der Waals surface area contributed by atoms with Crippen molar-refractivity contribution in [1.82, 2.24) is 20.1 Å². The number of anilines is 1. The molecule has 1 aromatic carbocycles. The number of aryl methyl sites for hydroxylation is 1. The molecule has 0 aliphatic carbocycles. The Kier molecular flexibility index (Phi) is 5.43. The van der Waals surface area contributed by atoms with Crippen LogP contribution in [0.3, 0.4) is 0 Å². The van der Waals surface area contributed by atoms with Gasteiger partial charge in [0.1, 0.15) is 12.0 Å². The first-order chi connectivity index (χ1) is 14.0. The molecule has 5 N–H and O–H groups in total. The zero-order valence-corrected chi connectivity index (χ0v) is 16.1. The van der Waals surface area contributed by atoms with E-state index in [0.717, 1.165) is 11.1 Å². The van der Waals surface area contributed by atoms with E-state index >= 15 is 0 Å². The first-order valence-electron chi connectivity index (χ1n) is 9.54. The van der Waals surface area contributed by atoms with Crippen LogP contribution in [-0.4, -0.2) is 38.6 Å². The van der Waals surface area contributed by atoms with Gasteiger partial charge in [-0.2, -0.15) is 9.67 Å². The fourth-order valence-corrected chi connectivity index (χ4v) is 3.36. The first-order valence-corrected chi connectivity index (χ1v) is 9.54. The molecule has 2 aromatic heterocycles. The second-order valence-corrected chi connectivity index (χ2v) is 7.13. The van der Waals surface area contributed by atoms with Crippen molar-refractivity contribution in [3.8, 4) is 0 Å². The van der Waals surface area contributed by atoms with Gasteiger partial charge in [-0.1, -0.05) is 24.3 Å². The predicted molar refractivity (Wildman–Crippen MR) is 106 cm³/mol. The Balaban J connectivity index is 1.60. The number of aliphatic hydroxyl groups excluding tert-OH is 1. The molecule has 1 fully saturated rings. The summed E-state index contributed by atoms with van der Waals surface area (Å²) in [5, 5.41) is 20.4. The summed E-state index contributed by atoms with van der Waals surface area (Å²) in [5.74, 6) is 1.02. The molecular weight excluding hydrogens is 372 g/mol. The van der Waals surface area contributed by atoms with Crippen LogP contribution in [0.15, 0.2) is 41.0 Å². The summed E-state index contributed by atoms with van der Waals surface area (Å²) < 4.78 is 6.53. The highest BCUT2D eigenvalue weighted by atomic mass is 16.3. The summed E-state index contributed by atoms with van der Waals surface area (Å²) in [7, 11) is 0. The molecule has 1 aliphatic heterocycles. The summed E-state index contributed by atoms with van der Waals surface area (Å²) in [4.78, 5) is 17.6. The Labute approximate surface area is 167 Å². The maximum absolute atomic E-state index is 13.0. The molecule has 0 bridgehead atoms.